The maximum Gasteiger partial charge on any atom is 0.416 e. The maximum atomic E-state index is 12.7. The lowest BCUT2D eigenvalue weighted by Gasteiger charge is -2.37. The van der Waals surface area contributed by atoms with Crippen molar-refractivity contribution in [1.29, 1.82) is 0 Å². The van der Waals surface area contributed by atoms with E-state index in [0.29, 0.717) is 18.9 Å². The lowest BCUT2D eigenvalue weighted by molar-refractivity contribution is 0.00947. The molecule has 0 saturated carbocycles. The van der Waals surface area contributed by atoms with Gasteiger partial charge < -0.3 is 14.4 Å². The van der Waals surface area contributed by atoms with Crippen LogP contribution in [0.1, 0.15) is 85.8 Å². The van der Waals surface area contributed by atoms with Crippen molar-refractivity contribution >= 4 is 18.0 Å². The molecule has 1 atom stereocenters. The molecule has 1 fully saturated rings. The Morgan fingerprint density at radius 2 is 1.77 bits per heavy atom. The fourth-order valence-corrected chi connectivity index (χ4v) is 3.41. The van der Waals surface area contributed by atoms with E-state index in [1.807, 2.05) is 60.6 Å². The van der Waals surface area contributed by atoms with Crippen molar-refractivity contribution in [2.24, 2.45) is 0 Å². The molecule has 1 aromatic heterocycles. The Morgan fingerprint density at radius 1 is 1.10 bits per heavy atom. The van der Waals surface area contributed by atoms with Crippen LogP contribution < -0.4 is 4.90 Å². The maximum absolute atomic E-state index is 12.7. The van der Waals surface area contributed by atoms with Gasteiger partial charge in [-0.3, -0.25) is 4.90 Å². The van der Waals surface area contributed by atoms with E-state index in [2.05, 4.69) is 4.98 Å². The van der Waals surface area contributed by atoms with Crippen LogP contribution in [0, 0.1) is 0 Å². The zero-order valence-electron chi connectivity index (χ0n) is 19.5. The number of nitrogens with zero attached hydrogens (tertiary/aromatic N) is 3. The number of piperidine rings is 1. The Balaban J connectivity index is 2.20. The zero-order chi connectivity index (χ0) is 22.5. The van der Waals surface area contributed by atoms with Gasteiger partial charge in [-0.1, -0.05) is 13.0 Å². The number of likely N-dealkylation sites (tertiary alicyclic amines) is 1. The van der Waals surface area contributed by atoms with Gasteiger partial charge in [0.15, 0.2) is 0 Å². The summed E-state index contributed by atoms with van der Waals surface area (Å²) >= 11 is 0. The largest absolute Gasteiger partial charge is 0.444 e. The van der Waals surface area contributed by atoms with E-state index in [9.17, 15) is 9.59 Å². The molecule has 0 aliphatic carbocycles. The molecule has 1 aliphatic rings. The van der Waals surface area contributed by atoms with Crippen LogP contribution in [0.15, 0.2) is 18.3 Å². The molecule has 0 unspecified atom stereocenters. The Morgan fingerprint density at radius 3 is 2.30 bits per heavy atom. The molecule has 0 radical (unpaired) electrons. The normalized spacial score (nSPS) is 17.4. The molecular weight excluding hydrogens is 382 g/mol. The number of rotatable bonds is 4. The van der Waals surface area contributed by atoms with Crippen molar-refractivity contribution in [3.05, 3.63) is 23.9 Å². The average Bonchev–Trinajstić information content (AvgIpc) is 2.63. The smallest absolute Gasteiger partial charge is 0.416 e. The summed E-state index contributed by atoms with van der Waals surface area (Å²) in [6, 6.07) is 3.70. The number of ether oxygens (including phenoxy) is 2. The van der Waals surface area contributed by atoms with Crippen LogP contribution in [0.2, 0.25) is 0 Å². The van der Waals surface area contributed by atoms with Gasteiger partial charge in [0.2, 0.25) is 0 Å². The average molecular weight is 420 g/mol. The van der Waals surface area contributed by atoms with Crippen molar-refractivity contribution in [2.75, 3.05) is 18.0 Å². The summed E-state index contributed by atoms with van der Waals surface area (Å²) in [4.78, 5) is 33.2. The van der Waals surface area contributed by atoms with Gasteiger partial charge in [-0.25, -0.2) is 14.6 Å². The van der Waals surface area contributed by atoms with Crippen LogP contribution in [0.25, 0.3) is 0 Å². The first kappa shape index (κ1) is 24.0. The summed E-state index contributed by atoms with van der Waals surface area (Å²) in [5, 5.41) is 0. The summed E-state index contributed by atoms with van der Waals surface area (Å²) in [6.45, 7) is 14.4. The van der Waals surface area contributed by atoms with E-state index in [1.165, 1.54) is 0 Å². The summed E-state index contributed by atoms with van der Waals surface area (Å²) in [6.07, 6.45) is 4.73. The highest BCUT2D eigenvalue weighted by Gasteiger charge is 2.32. The minimum atomic E-state index is -0.570. The standard InChI is InChI=1S/C23H37N3O4/c1-8-14-26(21(28)30-23(5,6)7)19-13-12-17(16-24-19)18-11-9-10-15-25(18)20(27)29-22(2,3)4/h12-13,16,18H,8-11,14-15H2,1-7H3/t18-/m1/s1. The molecule has 0 N–H and O–H groups in total. The third kappa shape index (κ3) is 6.89. The second kappa shape index (κ2) is 9.67. The molecule has 2 rings (SSSR count). The number of amides is 2. The molecule has 0 aromatic carbocycles. The van der Waals surface area contributed by atoms with E-state index < -0.39 is 17.3 Å². The minimum Gasteiger partial charge on any atom is -0.444 e. The summed E-state index contributed by atoms with van der Waals surface area (Å²) in [7, 11) is 0. The van der Waals surface area contributed by atoms with Crippen molar-refractivity contribution in [3.63, 3.8) is 0 Å². The molecule has 1 aromatic rings. The molecular formula is C23H37N3O4. The zero-order valence-corrected chi connectivity index (χ0v) is 19.5. The summed E-state index contributed by atoms with van der Waals surface area (Å²) in [5.41, 5.74) is -0.154. The highest BCUT2D eigenvalue weighted by atomic mass is 16.6. The van der Waals surface area contributed by atoms with Crippen LogP contribution in [0.3, 0.4) is 0 Å². The molecule has 0 bridgehead atoms. The molecule has 2 heterocycles. The van der Waals surface area contributed by atoms with Gasteiger partial charge in [0.1, 0.15) is 17.0 Å². The first-order valence-electron chi connectivity index (χ1n) is 10.9. The number of anilines is 1. The summed E-state index contributed by atoms with van der Waals surface area (Å²) < 4.78 is 11.1. The number of hydrogen-bond acceptors (Lipinski definition) is 5. The van der Waals surface area contributed by atoms with E-state index in [0.717, 1.165) is 31.2 Å². The number of carbonyl (C=O) groups is 2. The van der Waals surface area contributed by atoms with Gasteiger partial charge in [0, 0.05) is 19.3 Å². The van der Waals surface area contributed by atoms with Gasteiger partial charge in [-0.05, 0) is 78.9 Å². The van der Waals surface area contributed by atoms with Crippen LogP contribution in [0.5, 0.6) is 0 Å². The second-order valence-corrected chi connectivity index (χ2v) is 9.77. The first-order valence-corrected chi connectivity index (χ1v) is 10.9. The van der Waals surface area contributed by atoms with E-state index >= 15 is 0 Å². The topological polar surface area (TPSA) is 72.0 Å². The van der Waals surface area contributed by atoms with Crippen LogP contribution in [-0.2, 0) is 9.47 Å². The van der Waals surface area contributed by atoms with Gasteiger partial charge in [0.25, 0.3) is 0 Å². The fraction of sp³-hybridized carbons (Fsp3) is 0.696. The van der Waals surface area contributed by atoms with Crippen molar-refractivity contribution < 1.29 is 19.1 Å². The second-order valence-electron chi connectivity index (χ2n) is 9.77. The first-order chi connectivity index (χ1) is 13.9. The molecule has 0 spiro atoms. The molecule has 30 heavy (non-hydrogen) atoms. The predicted molar refractivity (Wildman–Crippen MR) is 118 cm³/mol. The minimum absolute atomic E-state index is 0.0729. The highest BCUT2D eigenvalue weighted by Crippen LogP contribution is 2.32. The summed E-state index contributed by atoms with van der Waals surface area (Å²) in [5.74, 6) is 0.550. The molecule has 1 saturated heterocycles. The predicted octanol–water partition coefficient (Wildman–Crippen LogP) is 5.70. The van der Waals surface area contributed by atoms with Crippen molar-refractivity contribution in [1.82, 2.24) is 9.88 Å². The SMILES string of the molecule is CCCN(C(=O)OC(C)(C)C)c1ccc([C@H]2CCCCN2C(=O)OC(C)(C)C)cn1. The van der Waals surface area contributed by atoms with E-state index in [1.54, 1.807) is 16.0 Å². The number of carbonyl (C=O) groups excluding carboxylic acids is 2. The van der Waals surface area contributed by atoms with Crippen LogP contribution in [0.4, 0.5) is 15.4 Å². The van der Waals surface area contributed by atoms with E-state index in [-0.39, 0.29) is 12.1 Å². The number of hydrogen-bond donors (Lipinski definition) is 0. The Hall–Kier alpha value is -2.31. The van der Waals surface area contributed by atoms with Gasteiger partial charge >= 0.3 is 12.2 Å². The molecule has 1 aliphatic heterocycles. The fourth-order valence-electron chi connectivity index (χ4n) is 3.41. The lowest BCUT2D eigenvalue weighted by atomic mass is 9.97. The van der Waals surface area contributed by atoms with Crippen LogP contribution >= 0.6 is 0 Å². The highest BCUT2D eigenvalue weighted by molar-refractivity contribution is 5.86. The molecule has 168 valence electrons. The third-order valence-corrected chi connectivity index (χ3v) is 4.62. The lowest BCUT2D eigenvalue weighted by Crippen LogP contribution is -2.42. The molecule has 7 heteroatoms. The van der Waals surface area contributed by atoms with Crippen LogP contribution in [-0.4, -0.2) is 46.4 Å². The Kier molecular flexibility index (Phi) is 7.72. The third-order valence-electron chi connectivity index (χ3n) is 4.62. The number of pyridine rings is 1. The van der Waals surface area contributed by atoms with E-state index in [4.69, 9.17) is 9.47 Å². The van der Waals surface area contributed by atoms with Crippen molar-refractivity contribution in [2.45, 2.75) is 91.4 Å². The monoisotopic (exact) mass is 419 g/mol. The van der Waals surface area contributed by atoms with Gasteiger partial charge in [-0.2, -0.15) is 0 Å². The Bertz CT molecular complexity index is 719. The Labute approximate surface area is 180 Å². The quantitative estimate of drug-likeness (QED) is 0.626. The van der Waals surface area contributed by atoms with Gasteiger partial charge in [-0.15, -0.1) is 0 Å². The van der Waals surface area contributed by atoms with Crippen molar-refractivity contribution in [3.8, 4) is 0 Å². The molecule has 2 amide bonds. The number of aromatic nitrogens is 1. The van der Waals surface area contributed by atoms with Gasteiger partial charge in [0.05, 0.1) is 6.04 Å². The molecule has 7 nitrogen and oxygen atoms in total.